The number of aryl methyl sites for hydroxylation is 1. The number of benzene rings is 1. The predicted molar refractivity (Wildman–Crippen MR) is 90.1 cm³/mol. The minimum atomic E-state index is -3.57. The van der Waals surface area contributed by atoms with Crippen LogP contribution < -0.4 is 5.32 Å². The van der Waals surface area contributed by atoms with E-state index in [0.717, 1.165) is 12.0 Å². The largest absolute Gasteiger partial charge is 0.326 e. The number of anilines is 1. The molecule has 0 bridgehead atoms. The summed E-state index contributed by atoms with van der Waals surface area (Å²) in [7, 11) is -2.01. The van der Waals surface area contributed by atoms with Gasteiger partial charge in [-0.05, 0) is 42.7 Å². The fourth-order valence-electron chi connectivity index (χ4n) is 2.69. The van der Waals surface area contributed by atoms with Crippen molar-refractivity contribution in [1.29, 1.82) is 0 Å². The van der Waals surface area contributed by atoms with Crippen LogP contribution in [0, 0.1) is 0 Å². The van der Waals surface area contributed by atoms with Gasteiger partial charge in [0.2, 0.25) is 15.9 Å². The number of nitrogens with one attached hydrogen (secondary N) is 1. The highest BCUT2D eigenvalue weighted by molar-refractivity contribution is 7.89. The van der Waals surface area contributed by atoms with Gasteiger partial charge in [-0.15, -0.1) is 0 Å². The van der Waals surface area contributed by atoms with E-state index in [4.69, 9.17) is 0 Å². The monoisotopic (exact) mass is 348 g/mol. The lowest BCUT2D eigenvalue weighted by Gasteiger charge is -2.18. The van der Waals surface area contributed by atoms with Crippen LogP contribution >= 0.6 is 0 Å². The first kappa shape index (κ1) is 16.7. The van der Waals surface area contributed by atoms with Crippen LogP contribution in [0.2, 0.25) is 0 Å². The molecule has 1 amide bonds. The van der Waals surface area contributed by atoms with Gasteiger partial charge < -0.3 is 5.32 Å². The molecule has 0 saturated heterocycles. The van der Waals surface area contributed by atoms with Crippen LogP contribution in [0.25, 0.3) is 0 Å². The lowest BCUT2D eigenvalue weighted by atomic mass is 10.1. The van der Waals surface area contributed by atoms with Gasteiger partial charge in [0.1, 0.15) is 0 Å². The Hall–Kier alpha value is -2.19. The number of carbonyl (C=O) groups is 1. The molecule has 3 rings (SSSR count). The number of hydrogen-bond acceptors (Lipinski definition) is 4. The Kier molecular flexibility index (Phi) is 4.68. The van der Waals surface area contributed by atoms with E-state index in [1.807, 2.05) is 0 Å². The molecule has 1 aromatic heterocycles. The molecule has 1 aromatic carbocycles. The topological polar surface area (TPSA) is 84.3 Å². The maximum atomic E-state index is 12.7. The van der Waals surface area contributed by atoms with E-state index in [2.05, 4.69) is 10.4 Å². The quantitative estimate of drug-likeness (QED) is 0.887. The fraction of sp³-hybridized carbons (Fsp3) is 0.375. The third-order valence-corrected chi connectivity index (χ3v) is 5.96. The summed E-state index contributed by atoms with van der Waals surface area (Å²) in [5, 5.41) is 6.89. The Morgan fingerprint density at radius 3 is 2.92 bits per heavy atom. The first-order valence-corrected chi connectivity index (χ1v) is 9.27. The summed E-state index contributed by atoms with van der Waals surface area (Å²) in [4.78, 5) is 11.8. The zero-order valence-electron chi connectivity index (χ0n) is 13.5. The van der Waals surface area contributed by atoms with Crippen LogP contribution in [0.4, 0.5) is 5.69 Å². The molecule has 8 heteroatoms. The average molecular weight is 348 g/mol. The molecule has 0 spiro atoms. The third kappa shape index (κ3) is 3.49. The van der Waals surface area contributed by atoms with Gasteiger partial charge in [-0.2, -0.15) is 9.40 Å². The maximum absolute atomic E-state index is 12.7. The molecule has 0 saturated carbocycles. The summed E-state index contributed by atoms with van der Waals surface area (Å²) >= 11 is 0. The van der Waals surface area contributed by atoms with Crippen molar-refractivity contribution in [3.8, 4) is 0 Å². The average Bonchev–Trinajstić information content (AvgIpc) is 3.00. The lowest BCUT2D eigenvalue weighted by Crippen LogP contribution is -2.30. The van der Waals surface area contributed by atoms with Crippen LogP contribution in [0.15, 0.2) is 41.6 Å². The zero-order valence-corrected chi connectivity index (χ0v) is 14.3. The number of carbonyl (C=O) groups excluding carboxylic acids is 1. The second-order valence-corrected chi connectivity index (χ2v) is 7.86. The highest BCUT2D eigenvalue weighted by Gasteiger charge is 2.23. The number of nitrogens with zero attached hydrogens (tertiary/aromatic N) is 3. The molecule has 128 valence electrons. The van der Waals surface area contributed by atoms with Crippen molar-refractivity contribution in [3.63, 3.8) is 0 Å². The van der Waals surface area contributed by atoms with Gasteiger partial charge in [-0.25, -0.2) is 8.42 Å². The van der Waals surface area contributed by atoms with Crippen LogP contribution in [0.1, 0.15) is 18.4 Å². The van der Waals surface area contributed by atoms with Gasteiger partial charge >= 0.3 is 0 Å². The smallest absolute Gasteiger partial charge is 0.242 e. The summed E-state index contributed by atoms with van der Waals surface area (Å²) in [6.07, 6.45) is 5.33. The number of sulfonamides is 1. The highest BCUT2D eigenvalue weighted by Crippen LogP contribution is 2.26. The molecular weight excluding hydrogens is 328 g/mol. The second-order valence-electron chi connectivity index (χ2n) is 5.82. The van der Waals surface area contributed by atoms with Crippen LogP contribution in [0.3, 0.4) is 0 Å². The molecule has 7 nitrogen and oxygen atoms in total. The molecule has 1 aliphatic heterocycles. The standard InChI is InChI=1S/C16H20N4O3S/c1-19(10-11-20-9-3-8-17-20)24(22,23)14-6-7-15-13(12-14)4-2-5-16(21)18-15/h3,6-9,12H,2,4-5,10-11H2,1H3,(H,18,21). The van der Waals surface area contributed by atoms with Crippen molar-refractivity contribution >= 4 is 21.6 Å². The van der Waals surface area contributed by atoms with Crippen molar-refractivity contribution < 1.29 is 13.2 Å². The van der Waals surface area contributed by atoms with E-state index in [1.54, 1.807) is 48.4 Å². The van der Waals surface area contributed by atoms with Gasteiger partial charge in [0.15, 0.2) is 0 Å². The number of hydrogen-bond donors (Lipinski definition) is 1. The van der Waals surface area contributed by atoms with E-state index in [0.29, 0.717) is 31.6 Å². The molecule has 2 heterocycles. The van der Waals surface area contributed by atoms with E-state index in [1.165, 1.54) is 4.31 Å². The lowest BCUT2D eigenvalue weighted by molar-refractivity contribution is -0.116. The maximum Gasteiger partial charge on any atom is 0.242 e. The summed E-state index contributed by atoms with van der Waals surface area (Å²) < 4.78 is 28.5. The molecule has 0 fully saturated rings. The highest BCUT2D eigenvalue weighted by atomic mass is 32.2. The SMILES string of the molecule is CN(CCn1cccn1)S(=O)(=O)c1ccc2c(c1)CCCC(=O)N2. The van der Waals surface area contributed by atoms with Crippen molar-refractivity contribution in [1.82, 2.24) is 14.1 Å². The summed E-state index contributed by atoms with van der Waals surface area (Å²) in [5.74, 6) is -0.0271. The van der Waals surface area contributed by atoms with E-state index >= 15 is 0 Å². The second kappa shape index (κ2) is 6.74. The molecule has 1 N–H and O–H groups in total. The van der Waals surface area contributed by atoms with Crippen LogP contribution in [0.5, 0.6) is 0 Å². The van der Waals surface area contributed by atoms with Crippen LogP contribution in [-0.4, -0.2) is 42.0 Å². The molecule has 1 aliphatic rings. The van der Waals surface area contributed by atoms with E-state index < -0.39 is 10.0 Å². The first-order chi connectivity index (χ1) is 11.5. The van der Waals surface area contributed by atoms with E-state index in [9.17, 15) is 13.2 Å². The van der Waals surface area contributed by atoms with Crippen LogP contribution in [-0.2, 0) is 27.8 Å². The van der Waals surface area contributed by atoms with Crippen molar-refractivity contribution in [3.05, 3.63) is 42.2 Å². The first-order valence-electron chi connectivity index (χ1n) is 7.83. The van der Waals surface area contributed by atoms with Gasteiger partial charge in [0, 0.05) is 38.1 Å². The molecule has 0 aliphatic carbocycles. The fourth-order valence-corrected chi connectivity index (χ4v) is 3.90. The number of fused-ring (bicyclic) bond motifs is 1. The number of likely N-dealkylation sites (N-methyl/N-ethyl adjacent to an activating group) is 1. The van der Waals surface area contributed by atoms with E-state index in [-0.39, 0.29) is 10.8 Å². The van der Waals surface area contributed by atoms with Crippen molar-refractivity contribution in [2.45, 2.75) is 30.7 Å². The van der Waals surface area contributed by atoms with Gasteiger partial charge in [-0.1, -0.05) is 0 Å². The predicted octanol–water partition coefficient (Wildman–Crippen LogP) is 1.48. The third-order valence-electron chi connectivity index (χ3n) is 4.11. The summed E-state index contributed by atoms with van der Waals surface area (Å²) in [6.45, 7) is 0.821. The normalized spacial score (nSPS) is 15.0. The molecule has 24 heavy (non-hydrogen) atoms. The van der Waals surface area contributed by atoms with Crippen molar-refractivity contribution in [2.24, 2.45) is 0 Å². The Bertz CT molecular complexity index is 831. The zero-order chi connectivity index (χ0) is 17.2. The Morgan fingerprint density at radius 1 is 1.33 bits per heavy atom. The Balaban J connectivity index is 1.79. The number of amides is 1. The minimum absolute atomic E-state index is 0.0271. The van der Waals surface area contributed by atoms with Crippen molar-refractivity contribution in [2.75, 3.05) is 18.9 Å². The molecule has 0 atom stereocenters. The summed E-state index contributed by atoms with van der Waals surface area (Å²) in [5.41, 5.74) is 1.57. The van der Waals surface area contributed by atoms with Gasteiger partial charge in [0.25, 0.3) is 0 Å². The molecule has 0 unspecified atom stereocenters. The van der Waals surface area contributed by atoms with Gasteiger partial charge in [0.05, 0.1) is 11.4 Å². The number of rotatable bonds is 5. The minimum Gasteiger partial charge on any atom is -0.326 e. The molecule has 2 aromatic rings. The van der Waals surface area contributed by atoms with Gasteiger partial charge in [-0.3, -0.25) is 9.48 Å². The Morgan fingerprint density at radius 2 is 2.17 bits per heavy atom. The Labute approximate surface area is 141 Å². The molecule has 0 radical (unpaired) electrons. The number of aromatic nitrogens is 2. The summed E-state index contributed by atoms with van der Waals surface area (Å²) in [6, 6.07) is 6.69. The molecular formula is C16H20N4O3S.